The molecule has 0 spiro atoms. The minimum atomic E-state index is -1.58. The predicted molar refractivity (Wildman–Crippen MR) is 93.0 cm³/mol. The van der Waals surface area contributed by atoms with Gasteiger partial charge in [0.1, 0.15) is 0 Å². The fourth-order valence-corrected chi connectivity index (χ4v) is 5.17. The molecule has 0 radical (unpaired) electrons. The van der Waals surface area contributed by atoms with Crippen molar-refractivity contribution in [1.82, 2.24) is 0 Å². The summed E-state index contributed by atoms with van der Waals surface area (Å²) in [6.45, 7) is 2.25. The Balaban J connectivity index is 1.58. The number of phenolic OH excluding ortho intramolecular Hbond substituents is 1. The Bertz CT molecular complexity index is 585. The van der Waals surface area contributed by atoms with Crippen molar-refractivity contribution in [2.75, 3.05) is 0 Å². The summed E-state index contributed by atoms with van der Waals surface area (Å²) < 4.78 is 40.3. The first-order chi connectivity index (χ1) is 12.0. The SMILES string of the molecule is CCCC1CCC(C2CCC(c3cc(F)c(F)c(F)c3O)CC2)CC1. The van der Waals surface area contributed by atoms with Gasteiger partial charge in [0, 0.05) is 5.56 Å². The molecule has 2 aliphatic carbocycles. The quantitative estimate of drug-likeness (QED) is 0.597. The van der Waals surface area contributed by atoms with Crippen molar-refractivity contribution < 1.29 is 18.3 Å². The third kappa shape index (κ3) is 3.98. The van der Waals surface area contributed by atoms with Gasteiger partial charge in [0.2, 0.25) is 5.82 Å². The molecule has 1 aromatic carbocycles. The van der Waals surface area contributed by atoms with Crippen LogP contribution < -0.4 is 0 Å². The molecular formula is C21H29F3O. The zero-order chi connectivity index (χ0) is 18.0. The van der Waals surface area contributed by atoms with E-state index < -0.39 is 23.2 Å². The maximum Gasteiger partial charge on any atom is 0.203 e. The predicted octanol–water partition coefficient (Wildman–Crippen LogP) is 6.69. The number of halogens is 3. The maximum absolute atomic E-state index is 13.6. The molecule has 0 atom stereocenters. The van der Waals surface area contributed by atoms with Crippen LogP contribution in [0.2, 0.25) is 0 Å². The molecule has 2 fully saturated rings. The standard InChI is InChI=1S/C21H29F3O/c1-2-3-13-4-6-14(7-5-13)15-8-10-16(11-9-15)17-12-18(22)19(23)20(24)21(17)25/h12-16,25H,2-11H2,1H3. The molecule has 0 aliphatic heterocycles. The van der Waals surface area contributed by atoms with E-state index in [2.05, 4.69) is 6.92 Å². The van der Waals surface area contributed by atoms with E-state index in [1.54, 1.807) is 0 Å². The van der Waals surface area contributed by atoms with E-state index in [4.69, 9.17) is 0 Å². The highest BCUT2D eigenvalue weighted by atomic mass is 19.2. The Labute approximate surface area is 148 Å². The van der Waals surface area contributed by atoms with Crippen LogP contribution in [-0.4, -0.2) is 5.11 Å². The largest absolute Gasteiger partial charge is 0.505 e. The van der Waals surface area contributed by atoms with Crippen molar-refractivity contribution in [2.24, 2.45) is 17.8 Å². The summed E-state index contributed by atoms with van der Waals surface area (Å²) in [6.07, 6.45) is 11.6. The molecule has 3 rings (SSSR count). The van der Waals surface area contributed by atoms with Crippen LogP contribution in [0.3, 0.4) is 0 Å². The van der Waals surface area contributed by atoms with Crippen molar-refractivity contribution in [3.05, 3.63) is 29.1 Å². The molecule has 0 saturated heterocycles. The average molecular weight is 354 g/mol. The van der Waals surface area contributed by atoms with Gasteiger partial charge in [-0.1, -0.05) is 32.6 Å². The molecule has 1 aromatic rings. The molecule has 0 unspecified atom stereocenters. The van der Waals surface area contributed by atoms with Gasteiger partial charge in [0.25, 0.3) is 0 Å². The number of aromatic hydroxyl groups is 1. The Morgan fingerprint density at radius 3 is 2.00 bits per heavy atom. The fourth-order valence-electron chi connectivity index (χ4n) is 5.17. The molecular weight excluding hydrogens is 325 g/mol. The lowest BCUT2D eigenvalue weighted by atomic mass is 9.68. The molecule has 0 heterocycles. The van der Waals surface area contributed by atoms with Gasteiger partial charge in [-0.3, -0.25) is 0 Å². The Kier molecular flexibility index (Phi) is 5.96. The number of hydrogen-bond acceptors (Lipinski definition) is 1. The topological polar surface area (TPSA) is 20.2 Å². The van der Waals surface area contributed by atoms with Crippen molar-refractivity contribution in [3.8, 4) is 5.75 Å². The van der Waals surface area contributed by atoms with Crippen molar-refractivity contribution >= 4 is 0 Å². The van der Waals surface area contributed by atoms with Crippen LogP contribution in [-0.2, 0) is 0 Å². The van der Waals surface area contributed by atoms with Crippen LogP contribution in [0.4, 0.5) is 13.2 Å². The number of hydrogen-bond donors (Lipinski definition) is 1. The van der Waals surface area contributed by atoms with E-state index in [9.17, 15) is 18.3 Å². The maximum atomic E-state index is 13.6. The molecule has 140 valence electrons. The van der Waals surface area contributed by atoms with Gasteiger partial charge in [-0.05, 0) is 68.3 Å². The van der Waals surface area contributed by atoms with E-state index in [-0.39, 0.29) is 11.5 Å². The lowest BCUT2D eigenvalue weighted by Crippen LogP contribution is -2.25. The Morgan fingerprint density at radius 2 is 1.44 bits per heavy atom. The number of rotatable bonds is 4. The molecule has 1 nitrogen and oxygen atoms in total. The molecule has 0 amide bonds. The molecule has 1 N–H and O–H groups in total. The van der Waals surface area contributed by atoms with E-state index in [1.807, 2.05) is 0 Å². The lowest BCUT2D eigenvalue weighted by Gasteiger charge is -2.38. The molecule has 2 aliphatic rings. The van der Waals surface area contributed by atoms with Crippen molar-refractivity contribution in [1.29, 1.82) is 0 Å². The van der Waals surface area contributed by atoms with Gasteiger partial charge in [-0.15, -0.1) is 0 Å². The second-order valence-electron chi connectivity index (χ2n) is 8.11. The second-order valence-corrected chi connectivity index (χ2v) is 8.11. The van der Waals surface area contributed by atoms with Crippen molar-refractivity contribution in [3.63, 3.8) is 0 Å². The summed E-state index contributed by atoms with van der Waals surface area (Å²) in [5.41, 5.74) is 0.238. The van der Waals surface area contributed by atoms with E-state index >= 15 is 0 Å². The van der Waals surface area contributed by atoms with E-state index in [1.165, 1.54) is 38.5 Å². The molecule has 0 bridgehead atoms. The highest BCUT2D eigenvalue weighted by molar-refractivity contribution is 5.38. The highest BCUT2D eigenvalue weighted by Gasteiger charge is 2.33. The lowest BCUT2D eigenvalue weighted by molar-refractivity contribution is 0.156. The van der Waals surface area contributed by atoms with Crippen LogP contribution in [0.25, 0.3) is 0 Å². The summed E-state index contributed by atoms with van der Waals surface area (Å²) in [5, 5.41) is 9.87. The summed E-state index contributed by atoms with van der Waals surface area (Å²) >= 11 is 0. The fraction of sp³-hybridized carbons (Fsp3) is 0.714. The third-order valence-corrected chi connectivity index (χ3v) is 6.63. The number of benzene rings is 1. The van der Waals surface area contributed by atoms with Crippen LogP contribution in [0.5, 0.6) is 5.75 Å². The van der Waals surface area contributed by atoms with Gasteiger partial charge in [-0.2, -0.15) is 4.39 Å². The summed E-state index contributed by atoms with van der Waals surface area (Å²) in [7, 11) is 0. The summed E-state index contributed by atoms with van der Waals surface area (Å²) in [6, 6.07) is 0.981. The normalized spacial score (nSPS) is 30.4. The van der Waals surface area contributed by atoms with Crippen molar-refractivity contribution in [2.45, 2.75) is 77.0 Å². The minimum Gasteiger partial charge on any atom is -0.505 e. The molecule has 0 aromatic heterocycles. The first-order valence-corrected chi connectivity index (χ1v) is 9.87. The zero-order valence-electron chi connectivity index (χ0n) is 15.0. The monoisotopic (exact) mass is 354 g/mol. The average Bonchev–Trinajstić information content (AvgIpc) is 2.64. The Hall–Kier alpha value is -1.19. The van der Waals surface area contributed by atoms with Gasteiger partial charge < -0.3 is 5.11 Å². The molecule has 2 saturated carbocycles. The number of phenols is 1. The summed E-state index contributed by atoms with van der Waals surface area (Å²) in [5.74, 6) is -2.65. The van der Waals surface area contributed by atoms with Gasteiger partial charge >= 0.3 is 0 Å². The summed E-state index contributed by atoms with van der Waals surface area (Å²) in [4.78, 5) is 0. The van der Waals surface area contributed by atoms with Crippen LogP contribution in [0.1, 0.15) is 82.6 Å². The van der Waals surface area contributed by atoms with E-state index in [0.717, 1.165) is 43.6 Å². The van der Waals surface area contributed by atoms with Crippen LogP contribution in [0.15, 0.2) is 6.07 Å². The Morgan fingerprint density at radius 1 is 0.880 bits per heavy atom. The zero-order valence-corrected chi connectivity index (χ0v) is 15.0. The second kappa shape index (κ2) is 8.01. The first kappa shape index (κ1) is 18.6. The molecule has 4 heteroatoms. The van der Waals surface area contributed by atoms with Gasteiger partial charge in [0.15, 0.2) is 17.4 Å². The van der Waals surface area contributed by atoms with Gasteiger partial charge in [-0.25, -0.2) is 8.78 Å². The third-order valence-electron chi connectivity index (χ3n) is 6.63. The molecule has 25 heavy (non-hydrogen) atoms. The minimum absolute atomic E-state index is 0.0720. The highest BCUT2D eigenvalue weighted by Crippen LogP contribution is 2.46. The van der Waals surface area contributed by atoms with Crippen LogP contribution >= 0.6 is 0 Å². The smallest absolute Gasteiger partial charge is 0.203 e. The first-order valence-electron chi connectivity index (χ1n) is 9.87. The van der Waals surface area contributed by atoms with Gasteiger partial charge in [0.05, 0.1) is 0 Å². The van der Waals surface area contributed by atoms with Crippen LogP contribution in [0, 0.1) is 35.2 Å². The van der Waals surface area contributed by atoms with E-state index in [0.29, 0.717) is 5.92 Å².